The fourth-order valence-corrected chi connectivity index (χ4v) is 9.28. The summed E-state index contributed by atoms with van der Waals surface area (Å²) < 4.78 is 43.2. The first-order valence-corrected chi connectivity index (χ1v) is 23.1. The highest BCUT2D eigenvalue weighted by molar-refractivity contribution is 7.89. The first-order chi connectivity index (χ1) is 30.1. The molecule has 8 nitrogen and oxygen atoms in total. The molecule has 64 heavy (non-hydrogen) atoms. The van der Waals surface area contributed by atoms with Gasteiger partial charge in [0, 0.05) is 23.3 Å². The number of allylic oxidation sites excluding steroid dienone is 2. The first-order valence-electron chi connectivity index (χ1n) is 21.3. The van der Waals surface area contributed by atoms with E-state index in [-0.39, 0.29) is 53.3 Å². The molecule has 0 bridgehead atoms. The maximum atomic E-state index is 15.3. The quantitative estimate of drug-likeness (QED) is 0.0682. The summed E-state index contributed by atoms with van der Waals surface area (Å²) in [5, 5.41) is 0.504. The van der Waals surface area contributed by atoms with Gasteiger partial charge in [0.2, 0.25) is 15.9 Å². The van der Waals surface area contributed by atoms with Crippen LogP contribution in [0.3, 0.4) is 0 Å². The highest BCUT2D eigenvalue weighted by Gasteiger charge is 2.33. The minimum Gasteiger partial charge on any atom is -0.488 e. The maximum Gasteiger partial charge on any atom is 0.342 e. The van der Waals surface area contributed by atoms with Gasteiger partial charge in [-0.3, -0.25) is 4.79 Å². The lowest BCUT2D eigenvalue weighted by atomic mass is 9.79. The van der Waals surface area contributed by atoms with Crippen LogP contribution in [-0.4, -0.2) is 37.8 Å². The second-order valence-corrected chi connectivity index (χ2v) is 20.5. The molecule has 0 saturated carbocycles. The Morgan fingerprint density at radius 1 is 0.734 bits per heavy atom. The molecule has 0 N–H and O–H groups in total. The van der Waals surface area contributed by atoms with E-state index in [9.17, 15) is 13.2 Å². The van der Waals surface area contributed by atoms with Crippen LogP contribution in [0.25, 0.3) is 0 Å². The van der Waals surface area contributed by atoms with Crippen LogP contribution >= 0.6 is 11.6 Å². The van der Waals surface area contributed by atoms with Gasteiger partial charge < -0.3 is 14.4 Å². The van der Waals surface area contributed by atoms with Crippen LogP contribution in [-0.2, 0) is 50.1 Å². The molecule has 0 atom stereocenters. The molecule has 10 heteroatoms. The molecule has 0 unspecified atom stereocenters. The van der Waals surface area contributed by atoms with Gasteiger partial charge in [0.25, 0.3) is 0 Å². The second-order valence-electron chi connectivity index (χ2n) is 18.2. The van der Waals surface area contributed by atoms with Gasteiger partial charge in [-0.1, -0.05) is 163 Å². The van der Waals surface area contributed by atoms with E-state index in [0.717, 1.165) is 27.8 Å². The highest BCUT2D eigenvalue weighted by atomic mass is 35.5. The zero-order valence-electron chi connectivity index (χ0n) is 38.6. The summed E-state index contributed by atoms with van der Waals surface area (Å²) in [7, 11) is -4.26. The Labute approximate surface area is 385 Å². The number of rotatable bonds is 17. The van der Waals surface area contributed by atoms with Gasteiger partial charge in [-0.25, -0.2) is 13.2 Å². The summed E-state index contributed by atoms with van der Waals surface area (Å²) in [6, 6.07) is 31.4. The number of halogens is 1. The van der Waals surface area contributed by atoms with Crippen molar-refractivity contribution in [2.45, 2.75) is 97.7 Å². The Morgan fingerprint density at radius 3 is 1.91 bits per heavy atom. The molecule has 5 rings (SSSR count). The van der Waals surface area contributed by atoms with Gasteiger partial charge in [0.1, 0.15) is 24.5 Å². The lowest BCUT2D eigenvalue weighted by Gasteiger charge is -2.30. The minimum atomic E-state index is -4.26. The van der Waals surface area contributed by atoms with Gasteiger partial charge in [-0.05, 0) is 100 Å². The van der Waals surface area contributed by atoms with Crippen molar-refractivity contribution in [1.82, 2.24) is 4.31 Å². The number of carbonyl (C=O) groups excluding carboxylic acids is 2. The third-order valence-electron chi connectivity index (χ3n) is 10.9. The molecule has 0 fully saturated rings. The number of aryl methyl sites for hydroxylation is 3. The molecule has 0 aliphatic carbocycles. The highest BCUT2D eigenvalue weighted by Crippen LogP contribution is 2.34. The first kappa shape index (κ1) is 49.3. The zero-order valence-corrected chi connectivity index (χ0v) is 40.2. The third kappa shape index (κ3) is 12.7. The van der Waals surface area contributed by atoms with Crippen LogP contribution in [0.5, 0.6) is 5.75 Å². The summed E-state index contributed by atoms with van der Waals surface area (Å²) in [6.07, 6.45) is 4.88. The Balaban J connectivity index is 1.69. The van der Waals surface area contributed by atoms with Crippen LogP contribution in [0.1, 0.15) is 96.4 Å². The molecule has 0 radical (unpaired) electrons. The number of amides is 1. The molecule has 0 aliphatic heterocycles. The third-order valence-corrected chi connectivity index (χ3v) is 13.2. The van der Waals surface area contributed by atoms with Crippen molar-refractivity contribution in [2.24, 2.45) is 0 Å². The van der Waals surface area contributed by atoms with E-state index in [1.165, 1.54) is 4.31 Å². The van der Waals surface area contributed by atoms with Gasteiger partial charge in [0.15, 0.2) is 0 Å². The minimum absolute atomic E-state index is 0.0447. The summed E-state index contributed by atoms with van der Waals surface area (Å²) >= 11 is 6.25. The van der Waals surface area contributed by atoms with Crippen molar-refractivity contribution in [2.75, 3.05) is 18.1 Å². The average Bonchev–Trinajstić information content (AvgIpc) is 3.23. The Hall–Kier alpha value is -5.74. The van der Waals surface area contributed by atoms with E-state index in [2.05, 4.69) is 72.9 Å². The number of anilines is 1. The van der Waals surface area contributed by atoms with Crippen molar-refractivity contribution in [3.05, 3.63) is 195 Å². The van der Waals surface area contributed by atoms with E-state index in [1.54, 1.807) is 79.4 Å². The standard InChI is InChI=1S/C54H61ClN2O6S/c1-12-17-40(13-2)35-63-52(59)48-25-24-47(31-49(48)62-36-42-18-15-14-16-19-42)57(33-43-28-44(53(6,7)8)30-45(29-43)54(9,10)11)50(58)34-56(32-41-20-22-46(55)23-21-41)64(60,61)51-38(4)26-37(3)27-39(51)5/h12-31H,1-2,32-36H2,3-11H3. The molecule has 0 aliphatic rings. The van der Waals surface area contributed by atoms with E-state index in [0.29, 0.717) is 33.0 Å². The van der Waals surface area contributed by atoms with Crippen LogP contribution in [0.2, 0.25) is 5.02 Å². The van der Waals surface area contributed by atoms with E-state index in [1.807, 2.05) is 49.4 Å². The van der Waals surface area contributed by atoms with E-state index in [4.69, 9.17) is 21.1 Å². The Morgan fingerprint density at radius 2 is 1.34 bits per heavy atom. The average molecular weight is 902 g/mol. The van der Waals surface area contributed by atoms with Crippen molar-refractivity contribution < 1.29 is 27.5 Å². The van der Waals surface area contributed by atoms with Crippen molar-refractivity contribution in [3.63, 3.8) is 0 Å². The lowest BCUT2D eigenvalue weighted by molar-refractivity contribution is -0.119. The van der Waals surface area contributed by atoms with Gasteiger partial charge in [-0.2, -0.15) is 4.31 Å². The summed E-state index contributed by atoms with van der Waals surface area (Å²) in [5.74, 6) is -0.943. The molecule has 0 saturated heterocycles. The number of hydrogen-bond donors (Lipinski definition) is 0. The van der Waals surface area contributed by atoms with E-state index < -0.39 is 28.4 Å². The van der Waals surface area contributed by atoms with Crippen LogP contribution in [0, 0.1) is 20.8 Å². The number of nitrogens with zero attached hydrogens (tertiary/aromatic N) is 2. The lowest BCUT2D eigenvalue weighted by Crippen LogP contribution is -2.43. The number of carbonyl (C=O) groups is 2. The van der Waals surface area contributed by atoms with Gasteiger partial charge in [0.05, 0.1) is 18.0 Å². The summed E-state index contributed by atoms with van der Waals surface area (Å²) in [5.41, 5.74) is 7.42. The number of hydrogen-bond acceptors (Lipinski definition) is 6. The number of benzene rings is 5. The molecule has 5 aromatic rings. The number of sulfonamides is 1. The van der Waals surface area contributed by atoms with E-state index >= 15 is 4.79 Å². The molecular weight excluding hydrogens is 840 g/mol. The molecule has 0 spiro atoms. The van der Waals surface area contributed by atoms with Gasteiger partial charge >= 0.3 is 5.97 Å². The van der Waals surface area contributed by atoms with Crippen LogP contribution < -0.4 is 9.64 Å². The topological polar surface area (TPSA) is 93.2 Å². The molecular formula is C54H61ClN2O6S. The van der Waals surface area contributed by atoms with Crippen molar-refractivity contribution in [1.29, 1.82) is 0 Å². The molecule has 5 aromatic carbocycles. The summed E-state index contributed by atoms with van der Waals surface area (Å²) in [6.45, 7) is 25.4. The fraction of sp³-hybridized carbons (Fsp3) is 0.296. The van der Waals surface area contributed by atoms with Crippen molar-refractivity contribution in [3.8, 4) is 5.75 Å². The molecule has 1 amide bonds. The second kappa shape index (κ2) is 20.8. The molecule has 336 valence electrons. The maximum absolute atomic E-state index is 15.3. The van der Waals surface area contributed by atoms with Crippen LogP contribution in [0.4, 0.5) is 5.69 Å². The normalized spacial score (nSPS) is 12.2. The van der Waals surface area contributed by atoms with Gasteiger partial charge in [-0.15, -0.1) is 0 Å². The number of ether oxygens (including phenoxy) is 2. The smallest absolute Gasteiger partial charge is 0.342 e. The molecule has 0 heterocycles. The SMILES string of the molecule is C=CC=C(C=C)COC(=O)c1ccc(N(Cc2cc(C(C)(C)C)cc(C(C)(C)C)c2)C(=O)CN(Cc2ccc(Cl)cc2)S(=O)(=O)c2c(C)cc(C)cc2C)cc1OCc1ccccc1. The summed E-state index contributed by atoms with van der Waals surface area (Å²) in [4.78, 5) is 30.8. The predicted molar refractivity (Wildman–Crippen MR) is 261 cm³/mol. The largest absolute Gasteiger partial charge is 0.488 e. The Kier molecular flexibility index (Phi) is 16.0. The fourth-order valence-electron chi connectivity index (χ4n) is 7.37. The predicted octanol–water partition coefficient (Wildman–Crippen LogP) is 12.3. The zero-order chi connectivity index (χ0) is 47.0. The Bertz CT molecular complexity index is 2580. The molecule has 0 aromatic heterocycles. The van der Waals surface area contributed by atoms with Crippen LogP contribution in [0.15, 0.2) is 145 Å². The number of esters is 1. The monoisotopic (exact) mass is 900 g/mol. The van der Waals surface area contributed by atoms with Crippen molar-refractivity contribution >= 4 is 39.2 Å².